The first-order valence-corrected chi connectivity index (χ1v) is 15.1. The van der Waals surface area contributed by atoms with E-state index in [2.05, 4.69) is 11.9 Å². The summed E-state index contributed by atoms with van der Waals surface area (Å²) >= 11 is 1.40. The number of hydrogen-bond donors (Lipinski definition) is 2. The molecule has 0 unspecified atom stereocenters. The molecule has 4 rings (SSSR count). The fourth-order valence-electron chi connectivity index (χ4n) is 4.23. The van der Waals surface area contributed by atoms with E-state index in [0.717, 1.165) is 52.7 Å². The third kappa shape index (κ3) is 10.1. The molecule has 1 saturated carbocycles. The van der Waals surface area contributed by atoms with E-state index in [1.165, 1.54) is 11.3 Å². The molecule has 1 aromatic heterocycles. The van der Waals surface area contributed by atoms with Crippen molar-refractivity contribution in [2.24, 2.45) is 5.92 Å². The summed E-state index contributed by atoms with van der Waals surface area (Å²) < 4.78 is 0. The fraction of sp³-hybridized carbons (Fsp3) is 0.286. The van der Waals surface area contributed by atoms with E-state index in [1.807, 2.05) is 92.1 Å². The van der Waals surface area contributed by atoms with Gasteiger partial charge in [-0.1, -0.05) is 98.9 Å². The summed E-state index contributed by atoms with van der Waals surface area (Å²) in [4.78, 5) is 36.3. The molecule has 2 aliphatic carbocycles. The Morgan fingerprint density at radius 3 is 2.51 bits per heavy atom. The van der Waals surface area contributed by atoms with Gasteiger partial charge in [0.05, 0.1) is 4.88 Å². The predicted octanol–water partition coefficient (Wildman–Crippen LogP) is 8.45. The van der Waals surface area contributed by atoms with Crippen LogP contribution in [0.15, 0.2) is 96.0 Å². The molecular formula is C35H39NO4S. The second-order valence-electron chi connectivity index (χ2n) is 9.72. The van der Waals surface area contributed by atoms with Crippen LogP contribution in [0, 0.1) is 5.92 Å². The van der Waals surface area contributed by atoms with Crippen LogP contribution in [0.5, 0.6) is 0 Å². The summed E-state index contributed by atoms with van der Waals surface area (Å²) in [5, 5.41) is 13.8. The lowest BCUT2D eigenvalue weighted by Gasteiger charge is -2.04. The highest BCUT2D eigenvalue weighted by Crippen LogP contribution is 2.32. The van der Waals surface area contributed by atoms with Crippen LogP contribution >= 0.6 is 11.3 Å². The number of carbonyl (C=O) groups excluding carboxylic acids is 2. The van der Waals surface area contributed by atoms with Gasteiger partial charge in [-0.05, 0) is 65.8 Å². The number of carbonyl (C=O) groups is 3. The van der Waals surface area contributed by atoms with Gasteiger partial charge in [0.15, 0.2) is 5.78 Å². The molecular weight excluding hydrogens is 530 g/mol. The highest BCUT2D eigenvalue weighted by molar-refractivity contribution is 7.12. The first-order chi connectivity index (χ1) is 19.9. The molecule has 6 heteroatoms. The molecule has 214 valence electrons. The lowest BCUT2D eigenvalue weighted by atomic mass is 10.0. The minimum atomic E-state index is -0.788. The molecule has 0 aliphatic heterocycles. The number of carboxylic acids is 1. The first kappa shape index (κ1) is 31.5. The number of Topliss-reactive ketones (excluding diaryl/α,β-unsaturated/α-hetero) is 1. The predicted molar refractivity (Wildman–Crippen MR) is 170 cm³/mol. The van der Waals surface area contributed by atoms with Gasteiger partial charge < -0.3 is 10.4 Å². The van der Waals surface area contributed by atoms with Crippen molar-refractivity contribution in [3.8, 4) is 0 Å². The average molecular weight is 570 g/mol. The molecule has 2 N–H and O–H groups in total. The van der Waals surface area contributed by atoms with Crippen molar-refractivity contribution >= 4 is 40.6 Å². The maximum absolute atomic E-state index is 12.7. The Labute approximate surface area is 247 Å². The van der Waals surface area contributed by atoms with Crippen molar-refractivity contribution in [1.29, 1.82) is 0 Å². The molecule has 41 heavy (non-hydrogen) atoms. The molecule has 0 radical (unpaired) electrons. The normalized spacial score (nSPS) is 14.8. The van der Waals surface area contributed by atoms with E-state index in [1.54, 1.807) is 6.08 Å². The number of carboxylic acid groups (broad SMARTS) is 1. The van der Waals surface area contributed by atoms with E-state index in [9.17, 15) is 14.4 Å². The van der Waals surface area contributed by atoms with Gasteiger partial charge in [0, 0.05) is 24.4 Å². The largest absolute Gasteiger partial charge is 0.481 e. The van der Waals surface area contributed by atoms with Gasteiger partial charge in [0.1, 0.15) is 0 Å². The lowest BCUT2D eigenvalue weighted by molar-refractivity contribution is -0.136. The van der Waals surface area contributed by atoms with Gasteiger partial charge in [0.2, 0.25) is 0 Å². The number of benzene rings is 1. The van der Waals surface area contributed by atoms with E-state index in [0.29, 0.717) is 24.3 Å². The molecule has 0 saturated heterocycles. The minimum Gasteiger partial charge on any atom is -0.481 e. The van der Waals surface area contributed by atoms with E-state index >= 15 is 0 Å². The third-order valence-corrected chi connectivity index (χ3v) is 7.62. The molecule has 5 nitrogen and oxygen atoms in total. The zero-order chi connectivity index (χ0) is 29.6. The summed E-state index contributed by atoms with van der Waals surface area (Å²) in [6.45, 7) is 8.44. The molecule has 1 amide bonds. The number of allylic oxidation sites excluding steroid dienone is 9. The second kappa shape index (κ2) is 16.3. The maximum Gasteiger partial charge on any atom is 0.303 e. The molecule has 1 heterocycles. The van der Waals surface area contributed by atoms with Crippen molar-refractivity contribution < 1.29 is 19.5 Å². The number of aliphatic carboxylic acids is 1. The number of nitrogens with one attached hydrogen (secondary N) is 1. The van der Waals surface area contributed by atoms with Crippen LogP contribution in [0.25, 0.3) is 11.6 Å². The average Bonchev–Trinajstić information content (AvgIpc) is 3.77. The molecule has 2 aliphatic rings. The highest BCUT2D eigenvalue weighted by Gasteiger charge is 2.30. The van der Waals surface area contributed by atoms with Gasteiger partial charge in [0.25, 0.3) is 5.91 Å². The summed E-state index contributed by atoms with van der Waals surface area (Å²) in [6.07, 6.45) is 19.9. The third-order valence-electron chi connectivity index (χ3n) is 6.69. The van der Waals surface area contributed by atoms with Gasteiger partial charge >= 0.3 is 5.97 Å². The number of amides is 1. The van der Waals surface area contributed by atoms with Crippen LogP contribution in [0.2, 0.25) is 0 Å². The van der Waals surface area contributed by atoms with Crippen molar-refractivity contribution in [3.05, 3.63) is 118 Å². The Balaban J connectivity index is 0.00000226. The number of ketones is 1. The van der Waals surface area contributed by atoms with Gasteiger partial charge in [-0.15, -0.1) is 11.3 Å². The number of hydrogen-bond acceptors (Lipinski definition) is 4. The Morgan fingerprint density at radius 1 is 1.07 bits per heavy atom. The van der Waals surface area contributed by atoms with E-state index < -0.39 is 5.97 Å². The zero-order valence-corrected chi connectivity index (χ0v) is 24.7. The zero-order valence-electron chi connectivity index (χ0n) is 23.9. The molecule has 0 atom stereocenters. The Morgan fingerprint density at radius 2 is 1.83 bits per heavy atom. The first-order valence-electron chi connectivity index (χ1n) is 14.2. The number of rotatable bonds is 13. The summed E-state index contributed by atoms with van der Waals surface area (Å²) in [6, 6.07) is 9.57. The van der Waals surface area contributed by atoms with Crippen LogP contribution in [0.1, 0.15) is 83.5 Å². The van der Waals surface area contributed by atoms with Gasteiger partial charge in [-0.3, -0.25) is 14.4 Å². The van der Waals surface area contributed by atoms with Crippen molar-refractivity contribution in [2.75, 3.05) is 6.54 Å². The lowest BCUT2D eigenvalue weighted by Crippen LogP contribution is -2.23. The van der Waals surface area contributed by atoms with Crippen LogP contribution < -0.4 is 5.32 Å². The van der Waals surface area contributed by atoms with Crippen LogP contribution in [-0.2, 0) is 4.79 Å². The Bertz CT molecular complexity index is 1380. The highest BCUT2D eigenvalue weighted by atomic mass is 32.1. The monoisotopic (exact) mass is 569 g/mol. The number of thiophene rings is 1. The fourth-order valence-corrected chi connectivity index (χ4v) is 5.06. The smallest absolute Gasteiger partial charge is 0.303 e. The quantitative estimate of drug-likeness (QED) is 0.187. The van der Waals surface area contributed by atoms with Gasteiger partial charge in [-0.2, -0.15) is 0 Å². The molecule has 0 spiro atoms. The topological polar surface area (TPSA) is 83.5 Å². The van der Waals surface area contributed by atoms with Crippen molar-refractivity contribution in [1.82, 2.24) is 5.32 Å². The van der Waals surface area contributed by atoms with E-state index in [-0.39, 0.29) is 24.0 Å². The van der Waals surface area contributed by atoms with E-state index in [4.69, 9.17) is 5.11 Å². The summed E-state index contributed by atoms with van der Waals surface area (Å²) in [5.41, 5.74) is 5.84. The Kier molecular flexibility index (Phi) is 12.5. The van der Waals surface area contributed by atoms with Crippen LogP contribution in [-0.4, -0.2) is 29.3 Å². The molecule has 2 aromatic rings. The Hall–Kier alpha value is -4.03. The van der Waals surface area contributed by atoms with Crippen LogP contribution in [0.4, 0.5) is 0 Å². The van der Waals surface area contributed by atoms with Crippen molar-refractivity contribution in [3.63, 3.8) is 0 Å². The maximum atomic E-state index is 12.7. The SMILES string of the molecule is C=C/C(=C\C=C\c1ccc(C(=O)C2CC2)cc1)c1csc(C(=O)NCCC2=CC=C(CCC(=O)O)CC=C2)c1.CC. The summed E-state index contributed by atoms with van der Waals surface area (Å²) in [7, 11) is 0. The van der Waals surface area contributed by atoms with Crippen molar-refractivity contribution in [2.45, 2.75) is 52.4 Å². The standard InChI is InChI=1S/C33H33NO4S.C2H6/c1-2-26(8-4-7-24-11-14-27(15-12-24)32(37)28-16-17-28)29-21-30(39-22-29)33(38)34-20-19-25-6-3-5-23(9-10-25)13-18-31(35)36;1-2/h2-4,6-12,14-15,21-22,28H,1,5,13,16-20H2,(H,34,38)(H,35,36);1-2H3/b7-4+,26-8+;. The van der Waals surface area contributed by atoms with Gasteiger partial charge in [-0.25, -0.2) is 0 Å². The molecule has 0 bridgehead atoms. The van der Waals surface area contributed by atoms with Crippen LogP contribution in [0.3, 0.4) is 0 Å². The summed E-state index contributed by atoms with van der Waals surface area (Å²) in [5.74, 6) is -0.427. The minimum absolute atomic E-state index is 0.109. The molecule has 1 aromatic carbocycles. The molecule has 1 fully saturated rings. The second-order valence-corrected chi connectivity index (χ2v) is 10.6.